The Kier molecular flexibility index (Phi) is 4.18. The molecule has 1 aromatic heterocycles. The number of hydrogen-bond acceptors (Lipinski definition) is 3. The molecule has 2 aromatic rings. The van der Waals surface area contributed by atoms with Gasteiger partial charge in [0, 0.05) is 24.5 Å². The first-order valence-corrected chi connectivity index (χ1v) is 6.14. The van der Waals surface area contributed by atoms with E-state index in [1.807, 2.05) is 24.4 Å². The Morgan fingerprint density at radius 3 is 2.67 bits per heavy atom. The van der Waals surface area contributed by atoms with Crippen molar-refractivity contribution >= 4 is 5.69 Å². The highest BCUT2D eigenvalue weighted by Crippen LogP contribution is 2.16. The number of rotatable bonds is 5. The van der Waals surface area contributed by atoms with Gasteiger partial charge in [0.25, 0.3) is 0 Å². The number of nitrogens with zero attached hydrogens (tertiary/aromatic N) is 1. The summed E-state index contributed by atoms with van der Waals surface area (Å²) >= 11 is 0. The summed E-state index contributed by atoms with van der Waals surface area (Å²) in [6.45, 7) is 2.93. The highest BCUT2D eigenvalue weighted by atomic mass is 16.5. The van der Waals surface area contributed by atoms with Crippen LogP contribution in [0.15, 0.2) is 42.6 Å². The van der Waals surface area contributed by atoms with Crippen LogP contribution >= 0.6 is 0 Å². The molecular formula is C15H18N2O. The fourth-order valence-electron chi connectivity index (χ4n) is 1.83. The van der Waals surface area contributed by atoms with Crippen LogP contribution in [0.25, 0.3) is 0 Å². The molecule has 0 aliphatic heterocycles. The van der Waals surface area contributed by atoms with Crippen LogP contribution in [0.4, 0.5) is 5.69 Å². The zero-order chi connectivity index (χ0) is 12.8. The number of methoxy groups -OCH3 is 1. The highest BCUT2D eigenvalue weighted by Gasteiger charge is 2.00. The molecule has 0 bridgehead atoms. The molecule has 0 saturated heterocycles. The zero-order valence-electron chi connectivity index (χ0n) is 10.8. The summed E-state index contributed by atoms with van der Waals surface area (Å²) in [5.41, 5.74) is 3.66. The van der Waals surface area contributed by atoms with E-state index < -0.39 is 0 Å². The van der Waals surface area contributed by atoms with E-state index in [0.717, 1.165) is 18.5 Å². The number of ether oxygens (including phenoxy) is 1. The predicted molar refractivity (Wildman–Crippen MR) is 73.9 cm³/mol. The van der Waals surface area contributed by atoms with Gasteiger partial charge in [-0.2, -0.15) is 0 Å². The van der Waals surface area contributed by atoms with Crippen molar-refractivity contribution in [1.82, 2.24) is 4.98 Å². The van der Waals surface area contributed by atoms with Crippen LogP contribution < -0.4 is 10.1 Å². The van der Waals surface area contributed by atoms with Crippen molar-refractivity contribution in [3.63, 3.8) is 0 Å². The van der Waals surface area contributed by atoms with E-state index in [0.29, 0.717) is 5.88 Å². The van der Waals surface area contributed by atoms with Gasteiger partial charge in [0.15, 0.2) is 0 Å². The van der Waals surface area contributed by atoms with Crippen LogP contribution in [-0.4, -0.2) is 12.1 Å². The second-order valence-electron chi connectivity index (χ2n) is 4.07. The van der Waals surface area contributed by atoms with Gasteiger partial charge in [-0.1, -0.05) is 31.2 Å². The summed E-state index contributed by atoms with van der Waals surface area (Å²) in [5, 5.41) is 3.44. The van der Waals surface area contributed by atoms with Gasteiger partial charge in [-0.05, 0) is 23.6 Å². The maximum Gasteiger partial charge on any atom is 0.212 e. The number of nitrogens with one attached hydrogen (secondary N) is 1. The Balaban J connectivity index is 2.02. The quantitative estimate of drug-likeness (QED) is 0.873. The summed E-state index contributed by atoms with van der Waals surface area (Å²) < 4.78 is 5.04. The van der Waals surface area contributed by atoms with Crippen LogP contribution in [0.5, 0.6) is 5.88 Å². The van der Waals surface area contributed by atoms with Gasteiger partial charge in [-0.15, -0.1) is 0 Å². The molecule has 0 radical (unpaired) electrons. The number of aryl methyl sites for hydroxylation is 1. The third kappa shape index (κ3) is 3.00. The van der Waals surface area contributed by atoms with E-state index in [2.05, 4.69) is 35.4 Å². The SMILES string of the molecule is CCc1ccccc1NCc1ccc(OC)nc1. The van der Waals surface area contributed by atoms with Crippen molar-refractivity contribution in [2.75, 3.05) is 12.4 Å². The fraction of sp³-hybridized carbons (Fsp3) is 0.267. The molecule has 94 valence electrons. The maximum atomic E-state index is 5.04. The molecule has 1 heterocycles. The van der Waals surface area contributed by atoms with Crippen molar-refractivity contribution in [1.29, 1.82) is 0 Å². The number of aromatic nitrogens is 1. The lowest BCUT2D eigenvalue weighted by Gasteiger charge is -2.10. The summed E-state index contributed by atoms with van der Waals surface area (Å²) in [6, 6.07) is 12.3. The molecule has 3 heteroatoms. The summed E-state index contributed by atoms with van der Waals surface area (Å²) in [7, 11) is 1.62. The normalized spacial score (nSPS) is 10.1. The van der Waals surface area contributed by atoms with E-state index in [1.54, 1.807) is 7.11 Å². The van der Waals surface area contributed by atoms with Gasteiger partial charge in [-0.3, -0.25) is 0 Å². The molecule has 2 rings (SSSR count). The summed E-state index contributed by atoms with van der Waals surface area (Å²) in [6.07, 6.45) is 2.87. The highest BCUT2D eigenvalue weighted by molar-refractivity contribution is 5.51. The molecule has 0 saturated carbocycles. The van der Waals surface area contributed by atoms with Crippen LogP contribution in [-0.2, 0) is 13.0 Å². The molecule has 0 unspecified atom stereocenters. The smallest absolute Gasteiger partial charge is 0.212 e. The van der Waals surface area contributed by atoms with Gasteiger partial charge in [-0.25, -0.2) is 4.98 Å². The van der Waals surface area contributed by atoms with Crippen molar-refractivity contribution < 1.29 is 4.74 Å². The first-order chi connectivity index (χ1) is 8.83. The van der Waals surface area contributed by atoms with E-state index in [1.165, 1.54) is 11.3 Å². The first kappa shape index (κ1) is 12.4. The molecule has 3 nitrogen and oxygen atoms in total. The largest absolute Gasteiger partial charge is 0.481 e. The lowest BCUT2D eigenvalue weighted by Crippen LogP contribution is -2.02. The molecule has 0 fully saturated rings. The third-order valence-electron chi connectivity index (χ3n) is 2.89. The van der Waals surface area contributed by atoms with E-state index in [4.69, 9.17) is 4.74 Å². The molecule has 0 aliphatic rings. The Bertz CT molecular complexity index is 494. The van der Waals surface area contributed by atoms with Gasteiger partial charge in [0.2, 0.25) is 5.88 Å². The standard InChI is InChI=1S/C15H18N2O/c1-3-13-6-4-5-7-14(13)16-10-12-8-9-15(18-2)17-11-12/h4-9,11,16H,3,10H2,1-2H3. The lowest BCUT2D eigenvalue weighted by atomic mass is 10.1. The molecule has 1 aromatic carbocycles. The monoisotopic (exact) mass is 242 g/mol. The summed E-state index contributed by atoms with van der Waals surface area (Å²) in [5.74, 6) is 0.646. The number of hydrogen-bond donors (Lipinski definition) is 1. The van der Waals surface area contributed by atoms with Crippen molar-refractivity contribution in [2.45, 2.75) is 19.9 Å². The molecule has 0 amide bonds. The molecule has 0 spiro atoms. The zero-order valence-corrected chi connectivity index (χ0v) is 10.8. The molecule has 1 N–H and O–H groups in total. The maximum absolute atomic E-state index is 5.04. The Hall–Kier alpha value is -2.03. The van der Waals surface area contributed by atoms with Gasteiger partial charge in [0.1, 0.15) is 0 Å². The van der Waals surface area contributed by atoms with Crippen LogP contribution in [0, 0.1) is 0 Å². The lowest BCUT2D eigenvalue weighted by molar-refractivity contribution is 0.397. The predicted octanol–water partition coefficient (Wildman–Crippen LogP) is 3.26. The Morgan fingerprint density at radius 1 is 1.17 bits per heavy atom. The minimum absolute atomic E-state index is 0.646. The van der Waals surface area contributed by atoms with E-state index >= 15 is 0 Å². The van der Waals surface area contributed by atoms with Gasteiger partial charge < -0.3 is 10.1 Å². The van der Waals surface area contributed by atoms with Crippen molar-refractivity contribution in [2.24, 2.45) is 0 Å². The second kappa shape index (κ2) is 6.05. The van der Waals surface area contributed by atoms with Crippen LogP contribution in [0.3, 0.4) is 0 Å². The minimum Gasteiger partial charge on any atom is -0.481 e. The number of anilines is 1. The topological polar surface area (TPSA) is 34.1 Å². The fourth-order valence-corrected chi connectivity index (χ4v) is 1.83. The van der Waals surface area contributed by atoms with Gasteiger partial charge in [0.05, 0.1) is 7.11 Å². The molecular weight excluding hydrogens is 224 g/mol. The first-order valence-electron chi connectivity index (χ1n) is 6.14. The Labute approximate surface area is 108 Å². The second-order valence-corrected chi connectivity index (χ2v) is 4.07. The van der Waals surface area contributed by atoms with Crippen molar-refractivity contribution in [3.8, 4) is 5.88 Å². The van der Waals surface area contributed by atoms with Crippen LogP contribution in [0.2, 0.25) is 0 Å². The number of para-hydroxylation sites is 1. The number of pyridine rings is 1. The molecule has 18 heavy (non-hydrogen) atoms. The van der Waals surface area contributed by atoms with Crippen molar-refractivity contribution in [3.05, 3.63) is 53.7 Å². The molecule has 0 aliphatic carbocycles. The third-order valence-corrected chi connectivity index (χ3v) is 2.89. The minimum atomic E-state index is 0.646. The average Bonchev–Trinajstić information content (AvgIpc) is 2.46. The van der Waals surface area contributed by atoms with Crippen LogP contribution in [0.1, 0.15) is 18.1 Å². The van der Waals surface area contributed by atoms with E-state index in [9.17, 15) is 0 Å². The summed E-state index contributed by atoms with van der Waals surface area (Å²) in [4.78, 5) is 4.19. The Morgan fingerprint density at radius 2 is 2.00 bits per heavy atom. The van der Waals surface area contributed by atoms with Gasteiger partial charge >= 0.3 is 0 Å². The average molecular weight is 242 g/mol. The molecule has 0 atom stereocenters. The number of benzene rings is 1. The van der Waals surface area contributed by atoms with E-state index in [-0.39, 0.29) is 0 Å².